The summed E-state index contributed by atoms with van der Waals surface area (Å²) < 4.78 is 3.34. The summed E-state index contributed by atoms with van der Waals surface area (Å²) in [4.78, 5) is 0. The van der Waals surface area contributed by atoms with Crippen molar-refractivity contribution in [2.45, 2.75) is 32.1 Å². The van der Waals surface area contributed by atoms with Crippen molar-refractivity contribution in [3.05, 3.63) is 0 Å². The summed E-state index contributed by atoms with van der Waals surface area (Å²) in [5.74, 6) is 2.98. The normalized spacial score (nSPS) is 33.8. The maximum atomic E-state index is 2.18. The van der Waals surface area contributed by atoms with Crippen molar-refractivity contribution >= 4 is 45.1 Å². The molecule has 2 fully saturated rings. The molecule has 2 atom stereocenters. The predicted molar refractivity (Wildman–Crippen MR) is 58.5 cm³/mol. The van der Waals surface area contributed by atoms with E-state index in [1.165, 1.54) is 11.5 Å². The topological polar surface area (TPSA) is 0 Å². The molecule has 0 N–H and O–H groups in total. The van der Waals surface area contributed by atoms with Gasteiger partial charge in [-0.05, 0) is 0 Å². The van der Waals surface area contributed by atoms with Crippen molar-refractivity contribution in [2.75, 3.05) is 11.5 Å². The van der Waals surface area contributed by atoms with E-state index in [2.05, 4.69) is 23.5 Å². The molecule has 0 aromatic carbocycles. The van der Waals surface area contributed by atoms with Gasteiger partial charge in [0.2, 0.25) is 0 Å². The van der Waals surface area contributed by atoms with Gasteiger partial charge in [0.15, 0.2) is 0 Å². The second-order valence-electron chi connectivity index (χ2n) is 3.26. The fourth-order valence-corrected chi connectivity index (χ4v) is 7.75. The maximum absolute atomic E-state index is 2.18. The van der Waals surface area contributed by atoms with Crippen LogP contribution in [0, 0.1) is 0 Å². The van der Waals surface area contributed by atoms with Crippen LogP contribution in [0.2, 0.25) is 8.73 Å². The third kappa shape index (κ3) is 4.33. The molecule has 11 heavy (non-hydrogen) atoms. The minimum absolute atomic E-state index is 0.132. The monoisotopic (exact) mass is 296 g/mol. The molecule has 0 saturated carbocycles. The Morgan fingerprint density at radius 3 is 2.55 bits per heavy atom. The van der Waals surface area contributed by atoms with Gasteiger partial charge in [-0.2, -0.15) is 0 Å². The van der Waals surface area contributed by atoms with Crippen LogP contribution in [0.1, 0.15) is 12.8 Å². The molecule has 0 radical (unpaired) electrons. The van der Waals surface area contributed by atoms with Gasteiger partial charge in [-0.1, -0.05) is 0 Å². The van der Waals surface area contributed by atoms with Crippen LogP contribution in [0.15, 0.2) is 0 Å². The van der Waals surface area contributed by atoms with E-state index in [0.717, 1.165) is 10.5 Å². The van der Waals surface area contributed by atoms with Crippen molar-refractivity contribution in [3.8, 4) is 0 Å². The van der Waals surface area contributed by atoms with Gasteiger partial charge in [0.1, 0.15) is 0 Å². The van der Waals surface area contributed by atoms with E-state index in [1.54, 1.807) is 21.6 Å². The van der Waals surface area contributed by atoms with Crippen molar-refractivity contribution in [1.29, 1.82) is 0 Å². The molecule has 2 rings (SSSR count). The van der Waals surface area contributed by atoms with Crippen LogP contribution in [0.3, 0.4) is 0 Å². The summed E-state index contributed by atoms with van der Waals surface area (Å²) >= 11 is 4.47. The summed E-state index contributed by atoms with van der Waals surface area (Å²) in [5, 5.41) is 2.25. The average Bonchev–Trinajstić information content (AvgIpc) is 2.83. The van der Waals surface area contributed by atoms with Crippen LogP contribution in [0.4, 0.5) is 0 Å². The number of hydrogen-bond acceptors (Lipinski definition) is 2. The second-order valence-corrected chi connectivity index (χ2v) is 9.94. The first-order chi connectivity index (χ1) is 5.45. The second kappa shape index (κ2) is 4.67. The molecule has 0 spiro atoms. The van der Waals surface area contributed by atoms with Gasteiger partial charge in [-0.15, -0.1) is 0 Å². The Labute approximate surface area is 88.2 Å². The van der Waals surface area contributed by atoms with Gasteiger partial charge >= 0.3 is 88.7 Å². The molecular weight excluding hydrogens is 282 g/mol. The molecule has 0 bridgehead atoms. The summed E-state index contributed by atoms with van der Waals surface area (Å²) in [5.41, 5.74) is 0. The van der Waals surface area contributed by atoms with E-state index in [-0.39, 0.29) is 21.6 Å². The van der Waals surface area contributed by atoms with E-state index < -0.39 is 0 Å². The molecule has 0 nitrogen and oxygen atoms in total. The molecule has 0 aromatic heterocycles. The quantitative estimate of drug-likeness (QED) is 0.419. The van der Waals surface area contributed by atoms with E-state index >= 15 is 0 Å². The first-order valence-corrected chi connectivity index (χ1v) is 10.5. The number of hydrogen-bond donors (Lipinski definition) is 0. The van der Waals surface area contributed by atoms with Crippen LogP contribution < -0.4 is 0 Å². The van der Waals surface area contributed by atoms with Crippen LogP contribution in [-0.4, -0.2) is 43.6 Å². The number of rotatable bonds is 6. The van der Waals surface area contributed by atoms with Crippen molar-refractivity contribution in [1.82, 2.24) is 0 Å². The van der Waals surface area contributed by atoms with Gasteiger partial charge in [0.25, 0.3) is 0 Å². The Morgan fingerprint density at radius 2 is 1.91 bits per heavy atom. The third-order valence-corrected chi connectivity index (χ3v) is 9.16. The van der Waals surface area contributed by atoms with E-state index in [4.69, 9.17) is 0 Å². The van der Waals surface area contributed by atoms with Gasteiger partial charge < -0.3 is 0 Å². The van der Waals surface area contributed by atoms with Crippen molar-refractivity contribution in [2.24, 2.45) is 0 Å². The van der Waals surface area contributed by atoms with Crippen LogP contribution in [-0.2, 0) is 0 Å². The Kier molecular flexibility index (Phi) is 3.86. The van der Waals surface area contributed by atoms with Crippen molar-refractivity contribution in [3.63, 3.8) is 0 Å². The number of thioether (sulfide) groups is 2. The zero-order valence-corrected chi connectivity index (χ0v) is 11.2. The molecule has 0 aromatic rings. The molecule has 0 amide bonds. The molecule has 2 saturated heterocycles. The standard InChI is InChI=1S/C5H9S.C3H5S.Sb.H/c1-2-3-5-4-6-5;1-3-2-4-3;;/h5H,1-4H2;3H,1-2H2;;. The van der Waals surface area contributed by atoms with E-state index in [1.807, 2.05) is 0 Å². The molecule has 2 heterocycles. The SMILES string of the molecule is C([CH2][SbH][CH2]C1CS1)CC1CS1. The van der Waals surface area contributed by atoms with Crippen LogP contribution >= 0.6 is 23.5 Å². The Morgan fingerprint density at radius 1 is 1.18 bits per heavy atom. The minimum atomic E-state index is 0.132. The molecule has 64 valence electrons. The third-order valence-electron chi connectivity index (χ3n) is 2.06. The van der Waals surface area contributed by atoms with Crippen molar-refractivity contribution < 1.29 is 0 Å². The molecule has 2 unspecified atom stereocenters. The van der Waals surface area contributed by atoms with Gasteiger partial charge in [0, 0.05) is 0 Å². The molecular formula is C8H15S2Sb. The first-order valence-electron chi connectivity index (χ1n) is 4.39. The Bertz CT molecular complexity index is 107. The fourth-order valence-electron chi connectivity index (χ4n) is 1.14. The molecule has 2 aliphatic heterocycles. The summed E-state index contributed by atoms with van der Waals surface area (Å²) in [6, 6.07) is 0. The summed E-state index contributed by atoms with van der Waals surface area (Å²) in [6.45, 7) is 0. The Hall–Kier alpha value is 1.52. The van der Waals surface area contributed by atoms with Gasteiger partial charge in [-0.25, -0.2) is 0 Å². The van der Waals surface area contributed by atoms with E-state index in [0.29, 0.717) is 0 Å². The zero-order chi connectivity index (χ0) is 7.52. The van der Waals surface area contributed by atoms with Crippen LogP contribution in [0.5, 0.6) is 0 Å². The van der Waals surface area contributed by atoms with E-state index in [9.17, 15) is 0 Å². The van der Waals surface area contributed by atoms with Crippen LogP contribution in [0.25, 0.3) is 0 Å². The molecule has 0 aliphatic carbocycles. The van der Waals surface area contributed by atoms with Gasteiger partial charge in [-0.3, -0.25) is 0 Å². The zero-order valence-electron chi connectivity index (χ0n) is 6.71. The Balaban J connectivity index is 1.35. The summed E-state index contributed by atoms with van der Waals surface area (Å²) in [6.07, 6.45) is 3.12. The summed E-state index contributed by atoms with van der Waals surface area (Å²) in [7, 11) is 0. The first kappa shape index (κ1) is 9.09. The average molecular weight is 297 g/mol. The fraction of sp³-hybridized carbons (Fsp3) is 1.00. The molecule has 2 aliphatic rings. The van der Waals surface area contributed by atoms with Gasteiger partial charge in [0.05, 0.1) is 0 Å². The molecule has 3 heteroatoms. The predicted octanol–water partition coefficient (Wildman–Crippen LogP) is 2.27.